The van der Waals surface area contributed by atoms with Crippen LogP contribution in [0.15, 0.2) is 34.9 Å². The van der Waals surface area contributed by atoms with E-state index in [2.05, 4.69) is 15.4 Å². The molecule has 1 aromatic carbocycles. The van der Waals surface area contributed by atoms with Crippen LogP contribution in [0.4, 0.5) is 10.2 Å². The summed E-state index contributed by atoms with van der Waals surface area (Å²) in [7, 11) is 0. The zero-order valence-corrected chi connectivity index (χ0v) is 16.0. The molecule has 8 heteroatoms. The summed E-state index contributed by atoms with van der Waals surface area (Å²) in [6, 6.07) is 7.12. The molecule has 0 spiro atoms. The summed E-state index contributed by atoms with van der Waals surface area (Å²) in [5, 5.41) is 6.35. The van der Waals surface area contributed by atoms with Crippen LogP contribution in [0.1, 0.15) is 35.4 Å². The summed E-state index contributed by atoms with van der Waals surface area (Å²) in [6.45, 7) is 4.63. The SMILES string of the molecule is Cc1cc(NC(=O)CN(CCN2CCCCC2)C(=O)c2cccc(F)c2)no1. The Morgan fingerprint density at radius 1 is 1.25 bits per heavy atom. The number of anilines is 1. The highest BCUT2D eigenvalue weighted by molar-refractivity contribution is 5.99. The third-order valence-electron chi connectivity index (χ3n) is 4.72. The van der Waals surface area contributed by atoms with Crippen LogP contribution in [0.25, 0.3) is 0 Å². The molecule has 0 bridgehead atoms. The van der Waals surface area contributed by atoms with Gasteiger partial charge in [-0.1, -0.05) is 17.6 Å². The van der Waals surface area contributed by atoms with E-state index < -0.39 is 5.82 Å². The summed E-state index contributed by atoms with van der Waals surface area (Å²) in [6.07, 6.45) is 3.51. The van der Waals surface area contributed by atoms with Crippen molar-refractivity contribution < 1.29 is 18.5 Å². The van der Waals surface area contributed by atoms with Gasteiger partial charge >= 0.3 is 0 Å². The summed E-state index contributed by atoms with van der Waals surface area (Å²) < 4.78 is 18.5. The van der Waals surface area contributed by atoms with E-state index >= 15 is 0 Å². The Balaban J connectivity index is 1.67. The van der Waals surface area contributed by atoms with Crippen LogP contribution in [0.5, 0.6) is 0 Å². The van der Waals surface area contributed by atoms with Crippen molar-refractivity contribution in [3.63, 3.8) is 0 Å². The number of nitrogens with one attached hydrogen (secondary N) is 1. The number of aryl methyl sites for hydroxylation is 1. The molecule has 3 rings (SSSR count). The molecule has 1 N–H and O–H groups in total. The number of benzene rings is 1. The second kappa shape index (κ2) is 9.45. The highest BCUT2D eigenvalue weighted by Gasteiger charge is 2.21. The first-order valence-electron chi connectivity index (χ1n) is 9.51. The Kier molecular flexibility index (Phi) is 6.76. The summed E-state index contributed by atoms with van der Waals surface area (Å²) in [5.41, 5.74) is 0.226. The van der Waals surface area contributed by atoms with Crippen molar-refractivity contribution in [1.29, 1.82) is 0 Å². The lowest BCUT2D eigenvalue weighted by atomic mass is 10.1. The first-order valence-corrected chi connectivity index (χ1v) is 9.51. The fraction of sp³-hybridized carbons (Fsp3) is 0.450. The Morgan fingerprint density at radius 2 is 2.04 bits per heavy atom. The molecule has 0 radical (unpaired) electrons. The molecule has 1 saturated heterocycles. The fourth-order valence-electron chi connectivity index (χ4n) is 3.28. The first kappa shape index (κ1) is 20.0. The number of aromatic nitrogens is 1. The first-order chi connectivity index (χ1) is 13.5. The van der Waals surface area contributed by atoms with E-state index in [0.717, 1.165) is 25.9 Å². The molecule has 1 aromatic heterocycles. The molecule has 150 valence electrons. The minimum absolute atomic E-state index is 0.144. The Labute approximate surface area is 163 Å². The molecular formula is C20H25FN4O3. The maximum absolute atomic E-state index is 13.5. The average Bonchev–Trinajstić information content (AvgIpc) is 3.10. The average molecular weight is 388 g/mol. The van der Waals surface area contributed by atoms with Gasteiger partial charge in [-0.2, -0.15) is 0 Å². The van der Waals surface area contributed by atoms with Crippen LogP contribution in [-0.2, 0) is 4.79 Å². The van der Waals surface area contributed by atoms with E-state index in [1.54, 1.807) is 19.1 Å². The monoisotopic (exact) mass is 388 g/mol. The zero-order chi connectivity index (χ0) is 19.9. The number of halogens is 1. The van der Waals surface area contributed by atoms with Gasteiger partial charge in [-0.15, -0.1) is 0 Å². The molecular weight excluding hydrogens is 363 g/mol. The molecule has 2 aromatic rings. The second-order valence-electron chi connectivity index (χ2n) is 7.01. The van der Waals surface area contributed by atoms with Gasteiger partial charge in [-0.25, -0.2) is 4.39 Å². The molecule has 7 nitrogen and oxygen atoms in total. The minimum Gasteiger partial charge on any atom is -0.360 e. The lowest BCUT2D eigenvalue weighted by Crippen LogP contribution is -2.43. The van der Waals surface area contributed by atoms with E-state index in [-0.39, 0.29) is 23.9 Å². The van der Waals surface area contributed by atoms with Gasteiger partial charge in [0, 0.05) is 24.7 Å². The molecule has 1 fully saturated rings. The number of piperidine rings is 1. The number of carbonyl (C=O) groups excluding carboxylic acids is 2. The number of nitrogens with zero attached hydrogens (tertiary/aromatic N) is 3. The Hall–Kier alpha value is -2.74. The van der Waals surface area contributed by atoms with Gasteiger partial charge in [0.1, 0.15) is 18.1 Å². The van der Waals surface area contributed by atoms with E-state index in [4.69, 9.17) is 4.52 Å². The quantitative estimate of drug-likeness (QED) is 0.789. The predicted octanol–water partition coefficient (Wildman–Crippen LogP) is 2.69. The van der Waals surface area contributed by atoms with E-state index in [1.165, 1.54) is 29.5 Å². The molecule has 1 aliphatic rings. The third-order valence-corrected chi connectivity index (χ3v) is 4.72. The van der Waals surface area contributed by atoms with E-state index in [9.17, 15) is 14.0 Å². The number of carbonyl (C=O) groups is 2. The van der Waals surface area contributed by atoms with Crippen molar-refractivity contribution >= 4 is 17.6 Å². The van der Waals surface area contributed by atoms with Crippen LogP contribution >= 0.6 is 0 Å². The van der Waals surface area contributed by atoms with E-state index in [1.807, 2.05) is 0 Å². The van der Waals surface area contributed by atoms with Crippen molar-refractivity contribution in [3.05, 3.63) is 47.5 Å². The van der Waals surface area contributed by atoms with Crippen molar-refractivity contribution in [2.75, 3.05) is 38.0 Å². The van der Waals surface area contributed by atoms with Gasteiger partial charge < -0.3 is 19.6 Å². The number of rotatable bonds is 7. The van der Waals surface area contributed by atoms with Crippen LogP contribution in [-0.4, -0.2) is 59.5 Å². The summed E-state index contributed by atoms with van der Waals surface area (Å²) in [5.74, 6) is -0.353. The number of hydrogen-bond donors (Lipinski definition) is 1. The molecule has 0 saturated carbocycles. The Bertz CT molecular complexity index is 817. The van der Waals surface area contributed by atoms with Crippen LogP contribution in [0.2, 0.25) is 0 Å². The second-order valence-corrected chi connectivity index (χ2v) is 7.01. The molecule has 0 aliphatic carbocycles. The van der Waals surface area contributed by atoms with Crippen LogP contribution in [0.3, 0.4) is 0 Å². The molecule has 28 heavy (non-hydrogen) atoms. The highest BCUT2D eigenvalue weighted by atomic mass is 19.1. The molecule has 2 heterocycles. The van der Waals surface area contributed by atoms with Gasteiger partial charge in [-0.05, 0) is 51.1 Å². The van der Waals surface area contributed by atoms with Gasteiger partial charge in [0.05, 0.1) is 0 Å². The predicted molar refractivity (Wildman–Crippen MR) is 102 cm³/mol. The van der Waals surface area contributed by atoms with Gasteiger partial charge in [0.25, 0.3) is 5.91 Å². The van der Waals surface area contributed by atoms with Crippen molar-refractivity contribution in [2.45, 2.75) is 26.2 Å². The Morgan fingerprint density at radius 3 is 2.71 bits per heavy atom. The smallest absolute Gasteiger partial charge is 0.254 e. The van der Waals surface area contributed by atoms with Crippen molar-refractivity contribution in [1.82, 2.24) is 15.0 Å². The number of hydrogen-bond acceptors (Lipinski definition) is 5. The lowest BCUT2D eigenvalue weighted by molar-refractivity contribution is -0.117. The molecule has 1 aliphatic heterocycles. The summed E-state index contributed by atoms with van der Waals surface area (Å²) in [4.78, 5) is 29.0. The standard InChI is InChI=1S/C20H25FN4O3/c1-15-12-18(23-28-15)22-19(26)14-25(11-10-24-8-3-2-4-9-24)20(27)16-6-5-7-17(21)13-16/h5-7,12-13H,2-4,8-11,14H2,1H3,(H,22,23,26). The highest BCUT2D eigenvalue weighted by Crippen LogP contribution is 2.12. The topological polar surface area (TPSA) is 78.7 Å². The summed E-state index contributed by atoms with van der Waals surface area (Å²) >= 11 is 0. The van der Waals surface area contributed by atoms with Gasteiger partial charge in [0.2, 0.25) is 5.91 Å². The molecule has 0 unspecified atom stereocenters. The largest absolute Gasteiger partial charge is 0.360 e. The minimum atomic E-state index is -0.482. The third kappa shape index (κ3) is 5.63. The molecule has 0 atom stereocenters. The van der Waals surface area contributed by atoms with Gasteiger partial charge in [-0.3, -0.25) is 9.59 Å². The fourth-order valence-corrected chi connectivity index (χ4v) is 3.28. The number of likely N-dealkylation sites (tertiary alicyclic amines) is 1. The van der Waals surface area contributed by atoms with Crippen molar-refractivity contribution in [3.8, 4) is 0 Å². The normalized spacial score (nSPS) is 14.6. The number of amides is 2. The lowest BCUT2D eigenvalue weighted by Gasteiger charge is -2.30. The van der Waals surface area contributed by atoms with Crippen LogP contribution in [0, 0.1) is 12.7 Å². The van der Waals surface area contributed by atoms with E-state index in [0.29, 0.717) is 24.7 Å². The zero-order valence-electron chi connectivity index (χ0n) is 16.0. The van der Waals surface area contributed by atoms with Crippen LogP contribution < -0.4 is 5.32 Å². The van der Waals surface area contributed by atoms with Gasteiger partial charge in [0.15, 0.2) is 5.82 Å². The maximum Gasteiger partial charge on any atom is 0.254 e. The molecule has 2 amide bonds. The van der Waals surface area contributed by atoms with Crippen molar-refractivity contribution in [2.24, 2.45) is 0 Å². The maximum atomic E-state index is 13.5.